The van der Waals surface area contributed by atoms with Gasteiger partial charge in [-0.15, -0.1) is 0 Å². The normalized spacial score (nSPS) is 12.9. The number of ether oxygens (including phenoxy) is 2. The van der Waals surface area contributed by atoms with Gasteiger partial charge in [0.05, 0.1) is 13.7 Å². The second kappa shape index (κ2) is 10.6. The lowest BCUT2D eigenvalue weighted by atomic mass is 10.0. The van der Waals surface area contributed by atoms with Crippen LogP contribution in [0.5, 0.6) is 11.5 Å². The van der Waals surface area contributed by atoms with E-state index in [9.17, 15) is 5.11 Å². The van der Waals surface area contributed by atoms with Crippen LogP contribution in [0.3, 0.4) is 0 Å². The Bertz CT molecular complexity index is 868. The fourth-order valence-corrected chi connectivity index (χ4v) is 3.29. The highest BCUT2D eigenvalue weighted by Gasteiger charge is 2.19. The quantitative estimate of drug-likeness (QED) is 0.555. The summed E-state index contributed by atoms with van der Waals surface area (Å²) in [5.74, 6) is 1.49. The number of hydrogen-bond acceptors (Lipinski definition) is 3. The van der Waals surface area contributed by atoms with Crippen molar-refractivity contribution < 1.29 is 19.9 Å². The van der Waals surface area contributed by atoms with Gasteiger partial charge in [-0.3, -0.25) is 0 Å². The summed E-state index contributed by atoms with van der Waals surface area (Å²) >= 11 is 0. The molecule has 0 heterocycles. The minimum absolute atomic E-state index is 0.0465. The number of benzene rings is 3. The molecule has 0 saturated heterocycles. The maximum atomic E-state index is 10.5. The molecule has 3 rings (SSSR count). The van der Waals surface area contributed by atoms with E-state index in [-0.39, 0.29) is 6.04 Å². The molecule has 0 unspecified atom stereocenters. The van der Waals surface area contributed by atoms with Crippen LogP contribution in [0.4, 0.5) is 0 Å². The molecule has 0 radical (unpaired) electrons. The second-order valence-electron chi connectivity index (χ2n) is 7.22. The van der Waals surface area contributed by atoms with Crippen molar-refractivity contribution in [3.63, 3.8) is 0 Å². The molecular formula is C25H30NO3+. The van der Waals surface area contributed by atoms with Gasteiger partial charge in [0, 0.05) is 12.0 Å². The van der Waals surface area contributed by atoms with Crippen molar-refractivity contribution in [1.82, 2.24) is 0 Å². The highest BCUT2D eigenvalue weighted by molar-refractivity contribution is 5.42. The van der Waals surface area contributed by atoms with Crippen molar-refractivity contribution in [1.29, 1.82) is 0 Å². The number of quaternary nitrogens is 1. The molecule has 0 spiro atoms. The van der Waals surface area contributed by atoms with Gasteiger partial charge in [-0.05, 0) is 36.2 Å². The smallest absolute Gasteiger partial charge is 0.161 e. The summed E-state index contributed by atoms with van der Waals surface area (Å²) in [7, 11) is 1.66. The van der Waals surface area contributed by atoms with Crippen molar-refractivity contribution >= 4 is 0 Å². The average molecular weight is 393 g/mol. The van der Waals surface area contributed by atoms with Gasteiger partial charge in [0.2, 0.25) is 0 Å². The molecule has 2 atom stereocenters. The molecule has 152 valence electrons. The molecule has 0 aliphatic rings. The van der Waals surface area contributed by atoms with Gasteiger partial charge in [0.1, 0.15) is 18.7 Å². The number of rotatable bonds is 10. The van der Waals surface area contributed by atoms with Crippen molar-refractivity contribution in [2.24, 2.45) is 0 Å². The fourth-order valence-electron chi connectivity index (χ4n) is 3.29. The lowest BCUT2D eigenvalue weighted by Gasteiger charge is -2.18. The second-order valence-corrected chi connectivity index (χ2v) is 7.22. The topological polar surface area (TPSA) is 55.3 Å². The van der Waals surface area contributed by atoms with E-state index in [0.717, 1.165) is 35.6 Å². The van der Waals surface area contributed by atoms with E-state index in [1.54, 1.807) is 7.11 Å². The van der Waals surface area contributed by atoms with Crippen LogP contribution in [0.15, 0.2) is 78.9 Å². The summed E-state index contributed by atoms with van der Waals surface area (Å²) in [5.41, 5.74) is 3.32. The monoisotopic (exact) mass is 392 g/mol. The number of aliphatic hydroxyl groups excluding tert-OH is 1. The molecule has 4 heteroatoms. The SMILES string of the molecule is COc1cc(C[NH2+][C@H](C)[C@@H](O)c2ccccc2)ccc1OCCc1ccccc1. The first-order chi connectivity index (χ1) is 14.2. The Labute approximate surface area is 173 Å². The highest BCUT2D eigenvalue weighted by Crippen LogP contribution is 2.28. The van der Waals surface area contributed by atoms with Crippen LogP contribution in [-0.2, 0) is 13.0 Å². The van der Waals surface area contributed by atoms with Crippen LogP contribution < -0.4 is 14.8 Å². The molecule has 0 saturated carbocycles. The third-order valence-corrected chi connectivity index (χ3v) is 5.08. The lowest BCUT2D eigenvalue weighted by molar-refractivity contribution is -0.709. The van der Waals surface area contributed by atoms with E-state index < -0.39 is 6.10 Å². The van der Waals surface area contributed by atoms with Gasteiger partial charge in [-0.2, -0.15) is 0 Å². The Morgan fingerprint density at radius 3 is 2.24 bits per heavy atom. The molecule has 0 aliphatic heterocycles. The molecule has 3 N–H and O–H groups in total. The third-order valence-electron chi connectivity index (χ3n) is 5.08. The summed E-state index contributed by atoms with van der Waals surface area (Å²) < 4.78 is 11.5. The highest BCUT2D eigenvalue weighted by atomic mass is 16.5. The van der Waals surface area contributed by atoms with Crippen molar-refractivity contribution in [3.8, 4) is 11.5 Å². The number of aliphatic hydroxyl groups is 1. The Kier molecular flexibility index (Phi) is 7.68. The predicted molar refractivity (Wildman–Crippen MR) is 115 cm³/mol. The van der Waals surface area contributed by atoms with E-state index >= 15 is 0 Å². The van der Waals surface area contributed by atoms with Gasteiger partial charge >= 0.3 is 0 Å². The third kappa shape index (κ3) is 6.08. The van der Waals surface area contributed by atoms with Gasteiger partial charge in [-0.1, -0.05) is 60.7 Å². The summed E-state index contributed by atoms with van der Waals surface area (Å²) in [6.45, 7) is 3.40. The summed E-state index contributed by atoms with van der Waals surface area (Å²) in [5, 5.41) is 12.7. The fraction of sp³-hybridized carbons (Fsp3) is 0.280. The maximum Gasteiger partial charge on any atom is 0.161 e. The predicted octanol–water partition coefficient (Wildman–Crippen LogP) is 3.50. The molecule has 0 aromatic heterocycles. The molecule has 0 aliphatic carbocycles. The Morgan fingerprint density at radius 2 is 1.55 bits per heavy atom. The Morgan fingerprint density at radius 1 is 0.862 bits per heavy atom. The minimum atomic E-state index is -0.501. The Hall–Kier alpha value is -2.82. The van der Waals surface area contributed by atoms with E-state index in [1.807, 2.05) is 67.6 Å². The zero-order chi connectivity index (χ0) is 20.5. The minimum Gasteiger partial charge on any atom is -0.493 e. The van der Waals surface area contributed by atoms with Crippen LogP contribution in [0.2, 0.25) is 0 Å². The van der Waals surface area contributed by atoms with Gasteiger partial charge in [0.25, 0.3) is 0 Å². The molecule has 3 aromatic rings. The van der Waals surface area contributed by atoms with Gasteiger partial charge in [0.15, 0.2) is 11.5 Å². The van der Waals surface area contributed by atoms with E-state index in [2.05, 4.69) is 23.5 Å². The van der Waals surface area contributed by atoms with Crippen LogP contribution in [0.1, 0.15) is 29.7 Å². The molecule has 3 aromatic carbocycles. The average Bonchev–Trinajstić information content (AvgIpc) is 2.78. The maximum absolute atomic E-state index is 10.5. The van der Waals surface area contributed by atoms with E-state index in [0.29, 0.717) is 6.61 Å². The van der Waals surface area contributed by atoms with E-state index in [4.69, 9.17) is 9.47 Å². The standard InChI is InChI=1S/C25H29NO3/c1-19(25(27)22-11-7-4-8-12-22)26-18-21-13-14-23(24(17-21)28-2)29-16-15-20-9-5-3-6-10-20/h3-14,17,19,25-27H,15-16,18H2,1-2H3/p+1/t19-,25-/m1/s1. The van der Waals surface area contributed by atoms with Crippen molar-refractivity contribution in [3.05, 3.63) is 95.6 Å². The van der Waals surface area contributed by atoms with Gasteiger partial charge in [-0.25, -0.2) is 0 Å². The van der Waals surface area contributed by atoms with Crippen LogP contribution in [-0.4, -0.2) is 24.9 Å². The van der Waals surface area contributed by atoms with Crippen LogP contribution >= 0.6 is 0 Å². The summed E-state index contributed by atoms with van der Waals surface area (Å²) in [6, 6.07) is 26.1. The lowest BCUT2D eigenvalue weighted by Crippen LogP contribution is -2.88. The van der Waals surface area contributed by atoms with Crippen molar-refractivity contribution in [2.45, 2.75) is 32.0 Å². The summed E-state index contributed by atoms with van der Waals surface area (Å²) in [6.07, 6.45) is 0.354. The molecule has 29 heavy (non-hydrogen) atoms. The first-order valence-electron chi connectivity index (χ1n) is 10.1. The van der Waals surface area contributed by atoms with Crippen LogP contribution in [0.25, 0.3) is 0 Å². The van der Waals surface area contributed by atoms with Crippen LogP contribution in [0, 0.1) is 0 Å². The first kappa shape index (κ1) is 20.9. The first-order valence-corrected chi connectivity index (χ1v) is 10.1. The van der Waals surface area contributed by atoms with Gasteiger partial charge < -0.3 is 19.9 Å². The largest absolute Gasteiger partial charge is 0.493 e. The molecule has 4 nitrogen and oxygen atoms in total. The van der Waals surface area contributed by atoms with Crippen molar-refractivity contribution in [2.75, 3.05) is 13.7 Å². The zero-order valence-electron chi connectivity index (χ0n) is 17.1. The summed E-state index contributed by atoms with van der Waals surface area (Å²) in [4.78, 5) is 0. The molecule has 0 fully saturated rings. The molecule has 0 bridgehead atoms. The Balaban J connectivity index is 1.54. The molecule has 0 amide bonds. The van der Waals surface area contributed by atoms with E-state index in [1.165, 1.54) is 5.56 Å². The zero-order valence-corrected chi connectivity index (χ0v) is 17.1. The number of nitrogens with two attached hydrogens (primary N) is 1. The number of methoxy groups -OCH3 is 1. The number of hydrogen-bond donors (Lipinski definition) is 2. The molecular weight excluding hydrogens is 362 g/mol.